The highest BCUT2D eigenvalue weighted by Gasteiger charge is 2.30. The summed E-state index contributed by atoms with van der Waals surface area (Å²) in [5.41, 5.74) is -1.31. The Morgan fingerprint density at radius 3 is 2.53 bits per heavy atom. The molecule has 0 amide bonds. The van der Waals surface area contributed by atoms with Gasteiger partial charge in [0.15, 0.2) is 5.43 Å². The summed E-state index contributed by atoms with van der Waals surface area (Å²) >= 11 is 0. The summed E-state index contributed by atoms with van der Waals surface area (Å²) < 4.78 is 16.3. The molecule has 1 unspecified atom stereocenters. The molecule has 0 spiro atoms. The highest BCUT2D eigenvalue weighted by atomic mass is 16.5. The van der Waals surface area contributed by atoms with Gasteiger partial charge in [0.1, 0.15) is 23.6 Å². The molecule has 2 heterocycles. The number of pyridine rings is 1. The maximum Gasteiger partial charge on any atom is 0.323 e. The van der Waals surface area contributed by atoms with Gasteiger partial charge in [0.05, 0.1) is 37.9 Å². The first-order valence-corrected chi connectivity index (χ1v) is 9.49. The molecule has 0 aliphatic rings. The lowest BCUT2D eigenvalue weighted by Crippen LogP contribution is -2.32. The van der Waals surface area contributed by atoms with Gasteiger partial charge in [0, 0.05) is 17.2 Å². The number of aliphatic carboxylic acids is 1. The van der Waals surface area contributed by atoms with E-state index in [9.17, 15) is 24.3 Å². The minimum absolute atomic E-state index is 0.0747. The quantitative estimate of drug-likeness (QED) is 0.522. The van der Waals surface area contributed by atoms with Crippen molar-refractivity contribution in [2.24, 2.45) is 0 Å². The van der Waals surface area contributed by atoms with Crippen LogP contribution in [0.3, 0.4) is 0 Å². The summed E-state index contributed by atoms with van der Waals surface area (Å²) in [6.45, 7) is 0.798. The van der Waals surface area contributed by atoms with Crippen molar-refractivity contribution in [3.63, 3.8) is 0 Å². The van der Waals surface area contributed by atoms with Gasteiger partial charge in [0.25, 0.3) is 5.56 Å². The van der Waals surface area contributed by atoms with Gasteiger partial charge in [-0.15, -0.1) is 0 Å². The van der Waals surface area contributed by atoms with E-state index in [-0.39, 0.29) is 27.8 Å². The number of nitrogens with zero attached hydrogens (tertiary/aromatic N) is 1. The first kappa shape index (κ1) is 22.6. The number of fused-ring (bicyclic) bond motifs is 1. The van der Waals surface area contributed by atoms with Gasteiger partial charge in [-0.2, -0.15) is 0 Å². The van der Waals surface area contributed by atoms with Gasteiger partial charge in [-0.3, -0.25) is 19.2 Å². The van der Waals surface area contributed by atoms with E-state index in [1.165, 1.54) is 32.2 Å². The van der Waals surface area contributed by atoms with E-state index < -0.39 is 47.6 Å². The number of hydrogen-bond donors (Lipinski definition) is 2. The van der Waals surface area contributed by atoms with Crippen LogP contribution in [0.15, 0.2) is 44.5 Å². The largest absolute Gasteiger partial charge is 0.507 e. The highest BCUT2D eigenvalue weighted by molar-refractivity contribution is 5.79. The Labute approximate surface area is 181 Å². The molecule has 0 radical (unpaired) electrons. The molecule has 0 bridgehead atoms. The number of hydrogen-bond acceptors (Lipinski definition) is 8. The molecule has 0 saturated carbocycles. The Bertz CT molecular complexity index is 1320. The SMILES string of the molecule is COC(=O)CC(c1coc2ccc(OC)cc2c1=O)c1c(O)cc(C)n(CC(=O)O)c1=O. The van der Waals surface area contributed by atoms with Gasteiger partial charge in [-0.25, -0.2) is 0 Å². The third-order valence-corrected chi connectivity index (χ3v) is 5.14. The summed E-state index contributed by atoms with van der Waals surface area (Å²) in [4.78, 5) is 49.8. The molecule has 2 aromatic heterocycles. The van der Waals surface area contributed by atoms with E-state index in [1.807, 2.05) is 0 Å². The zero-order valence-electron chi connectivity index (χ0n) is 17.6. The van der Waals surface area contributed by atoms with Crippen LogP contribution in [-0.4, -0.2) is 40.9 Å². The van der Waals surface area contributed by atoms with Crippen molar-refractivity contribution in [2.45, 2.75) is 25.8 Å². The average molecular weight is 443 g/mol. The van der Waals surface area contributed by atoms with Crippen molar-refractivity contribution in [1.82, 2.24) is 4.57 Å². The Morgan fingerprint density at radius 1 is 1.19 bits per heavy atom. The number of carboxylic acids is 1. The van der Waals surface area contributed by atoms with Crippen LogP contribution in [0.4, 0.5) is 0 Å². The van der Waals surface area contributed by atoms with Crippen LogP contribution in [0.5, 0.6) is 11.5 Å². The Hall–Kier alpha value is -4.08. The predicted molar refractivity (Wildman–Crippen MR) is 112 cm³/mol. The van der Waals surface area contributed by atoms with Crippen molar-refractivity contribution in [2.75, 3.05) is 14.2 Å². The number of aromatic nitrogens is 1. The molecule has 32 heavy (non-hydrogen) atoms. The van der Waals surface area contributed by atoms with Crippen molar-refractivity contribution in [1.29, 1.82) is 0 Å². The minimum Gasteiger partial charge on any atom is -0.507 e. The van der Waals surface area contributed by atoms with Crippen molar-refractivity contribution in [3.8, 4) is 11.5 Å². The molecule has 10 heteroatoms. The maximum absolute atomic E-state index is 13.3. The highest BCUT2D eigenvalue weighted by Crippen LogP contribution is 2.32. The van der Waals surface area contributed by atoms with Gasteiger partial charge in [-0.1, -0.05) is 0 Å². The van der Waals surface area contributed by atoms with Crippen LogP contribution in [0.25, 0.3) is 11.0 Å². The lowest BCUT2D eigenvalue weighted by molar-refractivity contribution is -0.141. The van der Waals surface area contributed by atoms with E-state index in [4.69, 9.17) is 19.0 Å². The molecule has 0 aliphatic carbocycles. The predicted octanol–water partition coefficient (Wildman–Crippen LogP) is 1.76. The fourth-order valence-electron chi connectivity index (χ4n) is 3.54. The summed E-state index contributed by atoms with van der Waals surface area (Å²) in [5, 5.41) is 19.9. The number of ether oxygens (including phenoxy) is 2. The molecule has 0 fully saturated rings. The van der Waals surface area contributed by atoms with Gasteiger partial charge < -0.3 is 28.7 Å². The summed E-state index contributed by atoms with van der Waals surface area (Å²) in [7, 11) is 2.58. The van der Waals surface area contributed by atoms with E-state index in [2.05, 4.69) is 0 Å². The van der Waals surface area contributed by atoms with Crippen molar-refractivity contribution < 1.29 is 33.7 Å². The maximum atomic E-state index is 13.3. The number of benzene rings is 1. The summed E-state index contributed by atoms with van der Waals surface area (Å²) in [6, 6.07) is 5.80. The Morgan fingerprint density at radius 2 is 1.91 bits per heavy atom. The monoisotopic (exact) mass is 443 g/mol. The summed E-state index contributed by atoms with van der Waals surface area (Å²) in [5.74, 6) is -3.35. The number of aromatic hydroxyl groups is 1. The van der Waals surface area contributed by atoms with E-state index >= 15 is 0 Å². The molecule has 1 aromatic carbocycles. The molecule has 168 valence electrons. The normalized spacial score (nSPS) is 11.8. The number of carbonyl (C=O) groups is 2. The second kappa shape index (κ2) is 8.96. The molecule has 1 atom stereocenters. The first-order valence-electron chi connectivity index (χ1n) is 9.49. The smallest absolute Gasteiger partial charge is 0.323 e. The van der Waals surface area contributed by atoms with Gasteiger partial charge >= 0.3 is 11.9 Å². The van der Waals surface area contributed by atoms with E-state index in [0.717, 1.165) is 17.9 Å². The number of methoxy groups -OCH3 is 2. The molecule has 2 N–H and O–H groups in total. The Kier molecular flexibility index (Phi) is 6.33. The fourth-order valence-corrected chi connectivity index (χ4v) is 3.54. The standard InChI is InChI=1S/C22H21NO9/c1-11-6-16(24)20(22(29)23(11)9-18(25)26)13(8-19(27)31-3)15-10-32-17-5-4-12(30-2)7-14(17)21(15)28/h4-7,10,13,24H,8-9H2,1-3H3,(H,25,26). The van der Waals surface area contributed by atoms with Gasteiger partial charge in [-0.05, 0) is 31.2 Å². The van der Waals surface area contributed by atoms with Crippen molar-refractivity contribution in [3.05, 3.63) is 67.9 Å². The number of esters is 1. The van der Waals surface area contributed by atoms with Crippen LogP contribution in [-0.2, 0) is 20.9 Å². The molecule has 3 aromatic rings. The van der Waals surface area contributed by atoms with Crippen LogP contribution in [0.2, 0.25) is 0 Å². The van der Waals surface area contributed by atoms with E-state index in [0.29, 0.717) is 5.75 Å². The third kappa shape index (κ3) is 4.20. The molecule has 3 rings (SSSR count). The molecule has 10 nitrogen and oxygen atoms in total. The van der Waals surface area contributed by atoms with Crippen molar-refractivity contribution >= 4 is 22.9 Å². The number of rotatable bonds is 7. The zero-order chi connectivity index (χ0) is 23.6. The molecular weight excluding hydrogens is 422 g/mol. The number of carboxylic acid groups (broad SMARTS) is 1. The lowest BCUT2D eigenvalue weighted by atomic mass is 9.88. The Balaban J connectivity index is 2.31. The topological polar surface area (TPSA) is 145 Å². The second-order valence-corrected chi connectivity index (χ2v) is 7.08. The van der Waals surface area contributed by atoms with Crippen LogP contribution in [0, 0.1) is 6.92 Å². The van der Waals surface area contributed by atoms with Crippen LogP contribution < -0.4 is 15.7 Å². The third-order valence-electron chi connectivity index (χ3n) is 5.14. The lowest BCUT2D eigenvalue weighted by Gasteiger charge is -2.19. The zero-order valence-corrected chi connectivity index (χ0v) is 17.6. The molecule has 0 saturated heterocycles. The number of carbonyl (C=O) groups excluding carboxylic acids is 1. The first-order chi connectivity index (χ1) is 15.2. The van der Waals surface area contributed by atoms with Gasteiger partial charge in [0.2, 0.25) is 0 Å². The number of aryl methyl sites for hydroxylation is 1. The molecular formula is C22H21NO9. The minimum atomic E-state index is -1.27. The van der Waals surface area contributed by atoms with E-state index in [1.54, 1.807) is 6.07 Å². The van der Waals surface area contributed by atoms with Crippen LogP contribution >= 0.6 is 0 Å². The average Bonchev–Trinajstić information content (AvgIpc) is 2.75. The second-order valence-electron chi connectivity index (χ2n) is 7.08. The van der Waals surface area contributed by atoms with Crippen LogP contribution in [0.1, 0.15) is 29.2 Å². The summed E-state index contributed by atoms with van der Waals surface area (Å²) in [6.07, 6.45) is 0.653. The fraction of sp³-hybridized carbons (Fsp3) is 0.273. The molecule has 0 aliphatic heterocycles.